The Morgan fingerprint density at radius 1 is 1.42 bits per heavy atom. The van der Waals surface area contributed by atoms with Gasteiger partial charge in [0.2, 0.25) is 0 Å². The number of hydrogen-bond donors (Lipinski definition) is 1. The highest BCUT2D eigenvalue weighted by atomic mass is 79.9. The standard InChI is InChI=1S/C16H17BrN2O4S/c1-9-4-5-13(12(17)6-9)23-10(2)15(21)19-16-18-11(8-24-16)7-14(20)22-3/h4-6,8,10H,7H2,1-3H3,(H,18,19,21). The molecule has 8 heteroatoms. The van der Waals surface area contributed by atoms with Crippen LogP contribution in [0.1, 0.15) is 18.2 Å². The minimum Gasteiger partial charge on any atom is -0.480 e. The quantitative estimate of drug-likeness (QED) is 0.736. The fraction of sp³-hybridized carbons (Fsp3) is 0.312. The van der Waals surface area contributed by atoms with Crippen LogP contribution in [0.4, 0.5) is 5.13 Å². The number of carbonyl (C=O) groups excluding carboxylic acids is 2. The van der Waals surface area contributed by atoms with Crippen LogP contribution in [0, 0.1) is 6.92 Å². The third kappa shape index (κ3) is 5.04. The number of aryl methyl sites for hydroxylation is 1. The van der Waals surface area contributed by atoms with Crippen molar-refractivity contribution < 1.29 is 19.1 Å². The van der Waals surface area contributed by atoms with Crippen molar-refractivity contribution in [2.45, 2.75) is 26.4 Å². The normalized spacial score (nSPS) is 11.7. The zero-order valence-electron chi connectivity index (χ0n) is 13.5. The summed E-state index contributed by atoms with van der Waals surface area (Å²) in [5, 5.41) is 4.80. The summed E-state index contributed by atoms with van der Waals surface area (Å²) in [5.41, 5.74) is 1.64. The van der Waals surface area contributed by atoms with Crippen molar-refractivity contribution in [2.75, 3.05) is 12.4 Å². The molecule has 1 unspecified atom stereocenters. The number of nitrogens with one attached hydrogen (secondary N) is 1. The molecule has 1 atom stereocenters. The molecule has 128 valence electrons. The van der Waals surface area contributed by atoms with E-state index in [1.165, 1.54) is 18.4 Å². The molecule has 0 aliphatic carbocycles. The van der Waals surface area contributed by atoms with E-state index in [2.05, 4.69) is 31.0 Å². The van der Waals surface area contributed by atoms with Crippen LogP contribution in [0.5, 0.6) is 5.75 Å². The third-order valence-corrected chi connectivity index (χ3v) is 4.52. The molecule has 2 rings (SSSR count). The Hall–Kier alpha value is -1.93. The van der Waals surface area contributed by atoms with Crippen molar-refractivity contribution in [3.8, 4) is 5.75 Å². The first kappa shape index (κ1) is 18.4. The van der Waals surface area contributed by atoms with E-state index >= 15 is 0 Å². The highest BCUT2D eigenvalue weighted by Gasteiger charge is 2.18. The van der Waals surface area contributed by atoms with E-state index in [-0.39, 0.29) is 18.3 Å². The summed E-state index contributed by atoms with van der Waals surface area (Å²) in [5.74, 6) is -0.102. The van der Waals surface area contributed by atoms with Crippen LogP contribution in [0.25, 0.3) is 0 Å². The molecular weight excluding hydrogens is 396 g/mol. The number of hydrogen-bond acceptors (Lipinski definition) is 6. The first-order chi connectivity index (χ1) is 11.4. The van der Waals surface area contributed by atoms with Crippen LogP contribution < -0.4 is 10.1 Å². The van der Waals surface area contributed by atoms with Gasteiger partial charge in [-0.2, -0.15) is 0 Å². The molecule has 0 saturated heterocycles. The lowest BCUT2D eigenvalue weighted by Gasteiger charge is -2.15. The first-order valence-corrected chi connectivity index (χ1v) is 8.81. The Morgan fingerprint density at radius 2 is 2.17 bits per heavy atom. The maximum absolute atomic E-state index is 12.2. The Bertz CT molecular complexity index is 747. The molecule has 1 N–H and O–H groups in total. The second-order valence-electron chi connectivity index (χ2n) is 5.08. The Morgan fingerprint density at radius 3 is 2.83 bits per heavy atom. The van der Waals surface area contributed by atoms with Gasteiger partial charge in [-0.1, -0.05) is 6.07 Å². The predicted molar refractivity (Wildman–Crippen MR) is 95.4 cm³/mol. The molecule has 0 radical (unpaired) electrons. The molecule has 24 heavy (non-hydrogen) atoms. The number of ether oxygens (including phenoxy) is 2. The van der Waals surface area contributed by atoms with Crippen molar-refractivity contribution in [1.82, 2.24) is 4.98 Å². The minimum absolute atomic E-state index is 0.0746. The fourth-order valence-electron chi connectivity index (χ4n) is 1.82. The molecule has 0 saturated carbocycles. The average Bonchev–Trinajstić information content (AvgIpc) is 2.96. The van der Waals surface area contributed by atoms with Gasteiger partial charge in [0.05, 0.1) is 23.7 Å². The molecule has 0 spiro atoms. The van der Waals surface area contributed by atoms with E-state index in [0.717, 1.165) is 10.0 Å². The SMILES string of the molecule is COC(=O)Cc1csc(NC(=O)C(C)Oc2ccc(C)cc2Br)n1. The van der Waals surface area contributed by atoms with Gasteiger partial charge in [-0.3, -0.25) is 14.9 Å². The van der Waals surface area contributed by atoms with Gasteiger partial charge in [-0.15, -0.1) is 11.3 Å². The molecule has 0 bridgehead atoms. The summed E-state index contributed by atoms with van der Waals surface area (Å²) in [6, 6.07) is 5.63. The summed E-state index contributed by atoms with van der Waals surface area (Å²) < 4.78 is 11.0. The van der Waals surface area contributed by atoms with E-state index in [4.69, 9.17) is 4.74 Å². The van der Waals surface area contributed by atoms with Crippen molar-refractivity contribution >= 4 is 44.3 Å². The summed E-state index contributed by atoms with van der Waals surface area (Å²) in [6.45, 7) is 3.63. The molecule has 1 aromatic heterocycles. The Labute approximate surface area is 152 Å². The van der Waals surface area contributed by atoms with E-state index in [0.29, 0.717) is 16.6 Å². The highest BCUT2D eigenvalue weighted by molar-refractivity contribution is 9.10. The smallest absolute Gasteiger partial charge is 0.311 e. The number of amides is 1. The van der Waals surface area contributed by atoms with Crippen molar-refractivity contribution in [3.63, 3.8) is 0 Å². The van der Waals surface area contributed by atoms with Crippen LogP contribution in [-0.2, 0) is 20.7 Å². The van der Waals surface area contributed by atoms with E-state index < -0.39 is 6.10 Å². The number of methoxy groups -OCH3 is 1. The number of thiazole rings is 1. The van der Waals surface area contributed by atoms with E-state index in [1.807, 2.05) is 19.1 Å². The summed E-state index contributed by atoms with van der Waals surface area (Å²) in [4.78, 5) is 27.6. The molecule has 6 nitrogen and oxygen atoms in total. The zero-order chi connectivity index (χ0) is 17.7. The molecule has 2 aromatic rings. The number of aromatic nitrogens is 1. The molecule has 0 aliphatic rings. The number of esters is 1. The second-order valence-corrected chi connectivity index (χ2v) is 6.79. The lowest BCUT2D eigenvalue weighted by atomic mass is 10.2. The lowest BCUT2D eigenvalue weighted by molar-refractivity contribution is -0.139. The van der Waals surface area contributed by atoms with Gasteiger partial charge in [0.1, 0.15) is 5.75 Å². The van der Waals surface area contributed by atoms with Gasteiger partial charge in [-0.05, 0) is 47.5 Å². The first-order valence-electron chi connectivity index (χ1n) is 7.14. The summed E-state index contributed by atoms with van der Waals surface area (Å²) in [7, 11) is 1.32. The monoisotopic (exact) mass is 412 g/mol. The van der Waals surface area contributed by atoms with Gasteiger partial charge in [-0.25, -0.2) is 4.98 Å². The van der Waals surface area contributed by atoms with Crippen LogP contribution in [0.2, 0.25) is 0 Å². The minimum atomic E-state index is -0.697. The highest BCUT2D eigenvalue weighted by Crippen LogP contribution is 2.27. The predicted octanol–water partition coefficient (Wildman–Crippen LogP) is 3.34. The number of anilines is 1. The van der Waals surface area contributed by atoms with Crippen LogP contribution in [0.15, 0.2) is 28.1 Å². The molecular formula is C16H17BrN2O4S. The van der Waals surface area contributed by atoms with Gasteiger partial charge < -0.3 is 9.47 Å². The maximum Gasteiger partial charge on any atom is 0.311 e. The molecule has 0 aliphatic heterocycles. The van der Waals surface area contributed by atoms with E-state index in [1.54, 1.807) is 18.4 Å². The topological polar surface area (TPSA) is 77.5 Å². The number of carbonyl (C=O) groups is 2. The van der Waals surface area contributed by atoms with Crippen LogP contribution >= 0.6 is 27.3 Å². The van der Waals surface area contributed by atoms with Gasteiger partial charge in [0, 0.05) is 5.38 Å². The summed E-state index contributed by atoms with van der Waals surface area (Å²) >= 11 is 4.66. The molecule has 1 heterocycles. The second kappa shape index (κ2) is 8.25. The Kier molecular flexibility index (Phi) is 6.33. The van der Waals surface area contributed by atoms with Gasteiger partial charge in [0.25, 0.3) is 5.91 Å². The van der Waals surface area contributed by atoms with E-state index in [9.17, 15) is 9.59 Å². The maximum atomic E-state index is 12.2. The third-order valence-electron chi connectivity index (χ3n) is 3.10. The number of benzene rings is 1. The van der Waals surface area contributed by atoms with Crippen molar-refractivity contribution in [1.29, 1.82) is 0 Å². The van der Waals surface area contributed by atoms with Crippen molar-refractivity contribution in [3.05, 3.63) is 39.3 Å². The largest absolute Gasteiger partial charge is 0.480 e. The van der Waals surface area contributed by atoms with Crippen molar-refractivity contribution in [2.24, 2.45) is 0 Å². The zero-order valence-corrected chi connectivity index (χ0v) is 15.9. The van der Waals surface area contributed by atoms with Gasteiger partial charge >= 0.3 is 5.97 Å². The number of rotatable bonds is 6. The average molecular weight is 413 g/mol. The number of nitrogens with zero attached hydrogens (tertiary/aromatic N) is 1. The Balaban J connectivity index is 1.95. The fourth-order valence-corrected chi connectivity index (χ4v) is 3.12. The number of halogens is 1. The van der Waals surface area contributed by atoms with Crippen LogP contribution in [0.3, 0.4) is 0 Å². The molecule has 1 amide bonds. The molecule has 0 fully saturated rings. The summed E-state index contributed by atoms with van der Waals surface area (Å²) in [6.07, 6.45) is -0.623. The van der Waals surface area contributed by atoms with Gasteiger partial charge in [0.15, 0.2) is 11.2 Å². The lowest BCUT2D eigenvalue weighted by Crippen LogP contribution is -2.30. The molecule has 1 aromatic carbocycles. The van der Waals surface area contributed by atoms with Crippen LogP contribution in [-0.4, -0.2) is 30.1 Å².